The molecule has 0 heterocycles. The Morgan fingerprint density at radius 1 is 1.08 bits per heavy atom. The molecule has 0 aromatic heterocycles. The van der Waals surface area contributed by atoms with E-state index < -0.39 is 0 Å². The predicted molar refractivity (Wildman–Crippen MR) is 119 cm³/mol. The molecule has 0 fully saturated rings. The molecule has 0 radical (unpaired) electrons. The molecule has 0 aliphatic carbocycles. The van der Waals surface area contributed by atoms with Crippen LogP contribution in [0.2, 0.25) is 0 Å². The van der Waals surface area contributed by atoms with Crippen molar-refractivity contribution in [3.8, 4) is 5.75 Å². The number of amides is 1. The summed E-state index contributed by atoms with van der Waals surface area (Å²) >= 11 is 0. The van der Waals surface area contributed by atoms with Crippen LogP contribution in [0.25, 0.3) is 0 Å². The van der Waals surface area contributed by atoms with Gasteiger partial charge in [0.25, 0.3) is 5.91 Å². The maximum Gasteiger partial charge on any atom is 0.251 e. The fourth-order valence-corrected chi connectivity index (χ4v) is 2.27. The Balaban J connectivity index is 0.00000625. The van der Waals surface area contributed by atoms with E-state index in [-0.39, 0.29) is 35.6 Å². The molecule has 148 valence electrons. The zero-order chi connectivity index (χ0) is 18.5. The van der Waals surface area contributed by atoms with Gasteiger partial charge in [-0.1, -0.05) is 26.7 Å². The molecule has 6 nitrogen and oxygen atoms in total. The standard InChI is InChI=1S/C19H32N4O2.HI/c1-4-20-19(22-12-6-5-7-15(2)3)23-14-13-21-18(25)16-8-10-17(24)11-9-16;/h8-11,15,24H,4-7,12-14H2,1-3H3,(H,21,25)(H2,20,22,23);1H. The Labute approximate surface area is 174 Å². The van der Waals surface area contributed by atoms with Crippen molar-refractivity contribution in [2.75, 3.05) is 26.2 Å². The molecule has 0 atom stereocenters. The monoisotopic (exact) mass is 476 g/mol. The van der Waals surface area contributed by atoms with E-state index in [4.69, 9.17) is 0 Å². The van der Waals surface area contributed by atoms with Crippen LogP contribution in [0.3, 0.4) is 0 Å². The summed E-state index contributed by atoms with van der Waals surface area (Å²) in [4.78, 5) is 16.5. The highest BCUT2D eigenvalue weighted by molar-refractivity contribution is 14.0. The average molecular weight is 476 g/mol. The van der Waals surface area contributed by atoms with Crippen LogP contribution in [0, 0.1) is 5.92 Å². The fraction of sp³-hybridized carbons (Fsp3) is 0.579. The fourth-order valence-electron chi connectivity index (χ4n) is 2.27. The van der Waals surface area contributed by atoms with E-state index in [0.29, 0.717) is 18.7 Å². The number of phenolic OH excluding ortho intramolecular Hbond substituents is 1. The molecule has 7 heteroatoms. The van der Waals surface area contributed by atoms with Gasteiger partial charge in [-0.15, -0.1) is 24.0 Å². The molecular formula is C19H33IN4O2. The molecule has 1 aromatic rings. The van der Waals surface area contributed by atoms with Crippen LogP contribution in [0.4, 0.5) is 0 Å². The van der Waals surface area contributed by atoms with E-state index in [1.807, 2.05) is 6.92 Å². The summed E-state index contributed by atoms with van der Waals surface area (Å²) in [5.41, 5.74) is 0.531. The third kappa shape index (κ3) is 11.2. The SMILES string of the molecule is CCNC(=NCCCCC(C)C)NCCNC(=O)c1ccc(O)cc1.I. The summed E-state index contributed by atoms with van der Waals surface area (Å²) in [6.45, 7) is 9.21. The van der Waals surface area contributed by atoms with Crippen molar-refractivity contribution in [3.63, 3.8) is 0 Å². The molecule has 0 aliphatic rings. The summed E-state index contributed by atoms with van der Waals surface area (Å²) in [5, 5.41) is 18.5. The molecule has 1 amide bonds. The lowest BCUT2D eigenvalue weighted by atomic mass is 10.1. The van der Waals surface area contributed by atoms with Gasteiger partial charge in [0.1, 0.15) is 5.75 Å². The van der Waals surface area contributed by atoms with Crippen LogP contribution in [0.1, 0.15) is 50.4 Å². The van der Waals surface area contributed by atoms with Gasteiger partial charge in [0, 0.05) is 31.7 Å². The molecule has 0 aliphatic heterocycles. The molecule has 0 spiro atoms. The number of carbonyl (C=O) groups excluding carboxylic acids is 1. The minimum Gasteiger partial charge on any atom is -0.508 e. The summed E-state index contributed by atoms with van der Waals surface area (Å²) < 4.78 is 0. The topological polar surface area (TPSA) is 85.8 Å². The highest BCUT2D eigenvalue weighted by Crippen LogP contribution is 2.09. The Morgan fingerprint density at radius 2 is 1.73 bits per heavy atom. The van der Waals surface area contributed by atoms with E-state index >= 15 is 0 Å². The number of unbranched alkanes of at least 4 members (excludes halogenated alkanes) is 1. The number of aliphatic imine (C=N–C) groups is 1. The van der Waals surface area contributed by atoms with Crippen LogP contribution in [0.5, 0.6) is 5.75 Å². The quantitative estimate of drug-likeness (QED) is 0.181. The van der Waals surface area contributed by atoms with Crippen molar-refractivity contribution in [2.24, 2.45) is 10.9 Å². The van der Waals surface area contributed by atoms with E-state index in [0.717, 1.165) is 31.4 Å². The predicted octanol–water partition coefficient (Wildman–Crippen LogP) is 3.12. The number of guanidine groups is 1. The first-order valence-corrected chi connectivity index (χ1v) is 9.12. The Kier molecular flexibility index (Phi) is 13.8. The lowest BCUT2D eigenvalue weighted by Gasteiger charge is -2.12. The van der Waals surface area contributed by atoms with Gasteiger partial charge in [-0.05, 0) is 43.5 Å². The van der Waals surface area contributed by atoms with Gasteiger partial charge in [-0.2, -0.15) is 0 Å². The second-order valence-corrected chi connectivity index (χ2v) is 6.38. The molecule has 1 aromatic carbocycles. The molecule has 4 N–H and O–H groups in total. The Morgan fingerprint density at radius 3 is 2.35 bits per heavy atom. The molecule has 26 heavy (non-hydrogen) atoms. The number of rotatable bonds is 10. The average Bonchev–Trinajstić information content (AvgIpc) is 2.58. The van der Waals surface area contributed by atoms with Crippen molar-refractivity contribution >= 4 is 35.8 Å². The molecule has 1 rings (SSSR count). The Bertz CT molecular complexity index is 533. The van der Waals surface area contributed by atoms with E-state index in [1.165, 1.54) is 25.0 Å². The van der Waals surface area contributed by atoms with Crippen molar-refractivity contribution in [1.29, 1.82) is 0 Å². The lowest BCUT2D eigenvalue weighted by Crippen LogP contribution is -2.41. The van der Waals surface area contributed by atoms with Crippen molar-refractivity contribution in [2.45, 2.75) is 40.0 Å². The maximum absolute atomic E-state index is 12.0. The second kappa shape index (κ2) is 14.6. The van der Waals surface area contributed by atoms with Crippen LogP contribution >= 0.6 is 24.0 Å². The first kappa shape index (κ1) is 24.5. The summed E-state index contributed by atoms with van der Waals surface area (Å²) in [6, 6.07) is 6.20. The smallest absolute Gasteiger partial charge is 0.251 e. The zero-order valence-electron chi connectivity index (χ0n) is 16.0. The maximum atomic E-state index is 12.0. The summed E-state index contributed by atoms with van der Waals surface area (Å²) in [5.74, 6) is 1.52. The van der Waals surface area contributed by atoms with Crippen molar-refractivity contribution < 1.29 is 9.90 Å². The number of hydrogen-bond donors (Lipinski definition) is 4. The number of carbonyl (C=O) groups is 1. The number of hydrogen-bond acceptors (Lipinski definition) is 3. The number of benzene rings is 1. The summed E-state index contributed by atoms with van der Waals surface area (Å²) in [6.07, 6.45) is 3.53. The van der Waals surface area contributed by atoms with Gasteiger partial charge < -0.3 is 21.1 Å². The van der Waals surface area contributed by atoms with Crippen LogP contribution < -0.4 is 16.0 Å². The number of phenols is 1. The third-order valence-electron chi connectivity index (χ3n) is 3.64. The second-order valence-electron chi connectivity index (χ2n) is 6.38. The van der Waals surface area contributed by atoms with E-state index in [1.54, 1.807) is 12.1 Å². The van der Waals surface area contributed by atoms with E-state index in [2.05, 4.69) is 34.8 Å². The molecule has 0 saturated carbocycles. The number of nitrogens with one attached hydrogen (secondary N) is 3. The molecule has 0 unspecified atom stereocenters. The van der Waals surface area contributed by atoms with Crippen LogP contribution in [-0.4, -0.2) is 43.2 Å². The van der Waals surface area contributed by atoms with Crippen LogP contribution in [0.15, 0.2) is 29.3 Å². The third-order valence-corrected chi connectivity index (χ3v) is 3.64. The van der Waals surface area contributed by atoms with Crippen molar-refractivity contribution in [1.82, 2.24) is 16.0 Å². The van der Waals surface area contributed by atoms with Crippen molar-refractivity contribution in [3.05, 3.63) is 29.8 Å². The van der Waals surface area contributed by atoms with Gasteiger partial charge in [0.2, 0.25) is 0 Å². The highest BCUT2D eigenvalue weighted by Gasteiger charge is 2.04. The van der Waals surface area contributed by atoms with E-state index in [9.17, 15) is 9.90 Å². The first-order chi connectivity index (χ1) is 12.0. The normalized spacial score (nSPS) is 11.0. The van der Waals surface area contributed by atoms with Gasteiger partial charge >= 0.3 is 0 Å². The highest BCUT2D eigenvalue weighted by atomic mass is 127. The van der Waals surface area contributed by atoms with Gasteiger partial charge in [0.15, 0.2) is 5.96 Å². The largest absolute Gasteiger partial charge is 0.508 e. The van der Waals surface area contributed by atoms with Gasteiger partial charge in [-0.25, -0.2) is 0 Å². The van der Waals surface area contributed by atoms with Gasteiger partial charge in [0.05, 0.1) is 0 Å². The molecule has 0 saturated heterocycles. The number of aromatic hydroxyl groups is 1. The minimum absolute atomic E-state index is 0. The number of halogens is 1. The number of nitrogens with zero attached hydrogens (tertiary/aromatic N) is 1. The van der Waals surface area contributed by atoms with Gasteiger partial charge in [-0.3, -0.25) is 9.79 Å². The Hall–Kier alpha value is -1.51. The molecular weight excluding hydrogens is 443 g/mol. The zero-order valence-corrected chi connectivity index (χ0v) is 18.4. The first-order valence-electron chi connectivity index (χ1n) is 9.12. The van der Waals surface area contributed by atoms with Crippen LogP contribution in [-0.2, 0) is 0 Å². The summed E-state index contributed by atoms with van der Waals surface area (Å²) in [7, 11) is 0. The lowest BCUT2D eigenvalue weighted by molar-refractivity contribution is 0.0954. The minimum atomic E-state index is -0.155. The molecule has 0 bridgehead atoms.